The fourth-order valence-corrected chi connectivity index (χ4v) is 3.36. The predicted octanol–water partition coefficient (Wildman–Crippen LogP) is 4.11. The molecule has 0 spiro atoms. The van der Waals surface area contributed by atoms with Gasteiger partial charge < -0.3 is 5.11 Å². The summed E-state index contributed by atoms with van der Waals surface area (Å²) in [7, 11) is 0. The fourth-order valence-electron chi connectivity index (χ4n) is 3.36. The highest BCUT2D eigenvalue weighted by atomic mass is 19.4. The first-order valence-electron chi connectivity index (χ1n) is 9.68. The Balaban J connectivity index is 1.73. The van der Waals surface area contributed by atoms with Crippen LogP contribution in [-0.2, 0) is 24.2 Å². The number of hydrogen-bond acceptors (Lipinski definition) is 6. The molecule has 182 valence electrons. The van der Waals surface area contributed by atoms with Crippen molar-refractivity contribution in [2.75, 3.05) is 0 Å². The van der Waals surface area contributed by atoms with Crippen LogP contribution in [0.25, 0.3) is 11.1 Å². The lowest BCUT2D eigenvalue weighted by molar-refractivity contribution is -0.207. The summed E-state index contributed by atoms with van der Waals surface area (Å²) in [5.41, 5.74) is -6.06. The van der Waals surface area contributed by atoms with Crippen molar-refractivity contribution in [1.29, 1.82) is 0 Å². The van der Waals surface area contributed by atoms with E-state index in [-0.39, 0.29) is 11.1 Å². The Morgan fingerprint density at radius 1 is 0.829 bits per heavy atom. The van der Waals surface area contributed by atoms with Gasteiger partial charge in [-0.3, -0.25) is 9.97 Å². The highest BCUT2D eigenvalue weighted by Gasteiger charge is 2.58. The Hall–Kier alpha value is -3.94. The molecule has 1 atom stereocenters. The molecule has 1 aromatic carbocycles. The zero-order valence-corrected chi connectivity index (χ0v) is 17.3. The van der Waals surface area contributed by atoms with Gasteiger partial charge in [0.2, 0.25) is 0 Å². The van der Waals surface area contributed by atoms with Crippen LogP contribution in [0.4, 0.5) is 30.7 Å². The van der Waals surface area contributed by atoms with E-state index in [1.807, 2.05) is 0 Å². The monoisotopic (exact) mass is 498 g/mol. The summed E-state index contributed by atoms with van der Waals surface area (Å²) in [6.07, 6.45) is -1.90. The van der Waals surface area contributed by atoms with Crippen molar-refractivity contribution in [3.05, 3.63) is 89.8 Å². The van der Waals surface area contributed by atoms with Crippen LogP contribution < -0.4 is 0 Å². The number of tetrazole rings is 1. The van der Waals surface area contributed by atoms with Gasteiger partial charge in [0.25, 0.3) is 0 Å². The summed E-state index contributed by atoms with van der Waals surface area (Å²) in [6.45, 7) is -1.03. The molecule has 3 aromatic heterocycles. The molecule has 0 aliphatic rings. The first-order chi connectivity index (χ1) is 16.4. The van der Waals surface area contributed by atoms with E-state index >= 15 is 8.78 Å². The van der Waals surface area contributed by atoms with Crippen LogP contribution in [0.2, 0.25) is 0 Å². The third kappa shape index (κ3) is 4.56. The van der Waals surface area contributed by atoms with Gasteiger partial charge in [0.1, 0.15) is 29.3 Å². The maximum atomic E-state index is 15.7. The fraction of sp³-hybridized carbons (Fsp3) is 0.190. The van der Waals surface area contributed by atoms with Crippen molar-refractivity contribution >= 4 is 0 Å². The van der Waals surface area contributed by atoms with E-state index in [1.165, 1.54) is 0 Å². The van der Waals surface area contributed by atoms with Crippen LogP contribution in [0.1, 0.15) is 17.0 Å². The second-order valence-electron chi connectivity index (χ2n) is 7.43. The van der Waals surface area contributed by atoms with Crippen LogP contribution in [-0.4, -0.2) is 35.3 Å². The number of aromatic nitrogens is 6. The predicted molar refractivity (Wildman–Crippen MR) is 104 cm³/mol. The van der Waals surface area contributed by atoms with Crippen molar-refractivity contribution in [3.8, 4) is 11.1 Å². The van der Waals surface area contributed by atoms with Gasteiger partial charge in [-0.2, -0.15) is 22.0 Å². The first kappa shape index (κ1) is 24.2. The van der Waals surface area contributed by atoms with Crippen molar-refractivity contribution in [3.63, 3.8) is 0 Å². The van der Waals surface area contributed by atoms with E-state index in [2.05, 4.69) is 25.5 Å². The Bertz CT molecular complexity index is 1310. The van der Waals surface area contributed by atoms with E-state index < -0.39 is 52.8 Å². The third-order valence-electron chi connectivity index (χ3n) is 5.15. The molecule has 0 radical (unpaired) electrons. The molecule has 0 amide bonds. The van der Waals surface area contributed by atoms with Crippen LogP contribution in [0.3, 0.4) is 0 Å². The maximum absolute atomic E-state index is 15.7. The zero-order valence-electron chi connectivity index (χ0n) is 17.3. The molecule has 4 rings (SSSR count). The second kappa shape index (κ2) is 8.69. The minimum atomic E-state index is -4.65. The van der Waals surface area contributed by atoms with Gasteiger partial charge in [0, 0.05) is 35.2 Å². The van der Waals surface area contributed by atoms with Gasteiger partial charge in [-0.05, 0) is 34.7 Å². The summed E-state index contributed by atoms with van der Waals surface area (Å²) in [5, 5.41) is 21.1. The summed E-state index contributed by atoms with van der Waals surface area (Å²) < 4.78 is 98.1. The number of pyridine rings is 2. The average molecular weight is 498 g/mol. The minimum Gasteiger partial charge on any atom is -0.377 e. The molecule has 0 saturated carbocycles. The Labute approximate surface area is 191 Å². The highest BCUT2D eigenvalue weighted by molar-refractivity contribution is 5.61. The van der Waals surface area contributed by atoms with Crippen LogP contribution in [0.15, 0.2) is 61.2 Å². The van der Waals surface area contributed by atoms with Gasteiger partial charge in [0.15, 0.2) is 5.60 Å². The number of aliphatic hydroxyl groups is 1. The average Bonchev–Trinajstić information content (AvgIpc) is 3.31. The highest BCUT2D eigenvalue weighted by Crippen LogP contribution is 2.46. The van der Waals surface area contributed by atoms with Gasteiger partial charge in [-0.1, -0.05) is 12.1 Å². The third-order valence-corrected chi connectivity index (χ3v) is 5.15. The molecule has 1 unspecified atom stereocenters. The largest absolute Gasteiger partial charge is 0.433 e. The molecule has 3 heterocycles. The van der Waals surface area contributed by atoms with Crippen molar-refractivity contribution in [2.24, 2.45) is 0 Å². The number of rotatable bonds is 6. The van der Waals surface area contributed by atoms with Crippen molar-refractivity contribution < 1.29 is 35.8 Å². The van der Waals surface area contributed by atoms with E-state index in [0.717, 1.165) is 47.7 Å². The number of benzene rings is 1. The summed E-state index contributed by atoms with van der Waals surface area (Å²) in [6, 6.07) is 5.47. The topological polar surface area (TPSA) is 89.6 Å². The number of alkyl halides is 5. The lowest BCUT2D eigenvalue weighted by atomic mass is 9.84. The first-order valence-corrected chi connectivity index (χ1v) is 9.68. The van der Waals surface area contributed by atoms with Crippen LogP contribution in [0.5, 0.6) is 0 Å². The number of hydrogen-bond donors (Lipinski definition) is 1. The van der Waals surface area contributed by atoms with Gasteiger partial charge in [-0.25, -0.2) is 13.5 Å². The molecule has 0 aliphatic carbocycles. The molecule has 7 nitrogen and oxygen atoms in total. The Morgan fingerprint density at radius 3 is 1.94 bits per heavy atom. The standard InChI is InChI=1S/C21H13F7N6O/c22-14-3-4-15(16(23)7-14)19(35,10-34-11-31-32-33-34)20(24,25)17-5-1-12(8-29-17)13-2-6-18(30-9-13)21(26,27)28/h1-9,11,35H,10H2. The van der Waals surface area contributed by atoms with Crippen LogP contribution in [0, 0.1) is 11.6 Å². The van der Waals surface area contributed by atoms with Gasteiger partial charge in [-0.15, -0.1) is 5.10 Å². The smallest absolute Gasteiger partial charge is 0.377 e. The quantitative estimate of drug-likeness (QED) is 0.403. The number of nitrogens with zero attached hydrogens (tertiary/aromatic N) is 6. The molecule has 0 fully saturated rings. The molecular weight excluding hydrogens is 485 g/mol. The SMILES string of the molecule is OC(Cn1cnnn1)(c1ccc(F)cc1F)C(F)(F)c1ccc(-c2ccc(C(F)(F)F)nc2)cn1. The summed E-state index contributed by atoms with van der Waals surface area (Å²) in [5.74, 6) is -6.76. The molecule has 35 heavy (non-hydrogen) atoms. The van der Waals surface area contributed by atoms with Crippen LogP contribution >= 0.6 is 0 Å². The summed E-state index contributed by atoms with van der Waals surface area (Å²) in [4.78, 5) is 6.95. The van der Waals surface area contributed by atoms with Crippen molar-refractivity contribution in [1.82, 2.24) is 30.2 Å². The zero-order chi connectivity index (χ0) is 25.4. The maximum Gasteiger partial charge on any atom is 0.433 e. The molecule has 0 aliphatic heterocycles. The molecule has 1 N–H and O–H groups in total. The molecular formula is C21H13F7N6O. The van der Waals surface area contributed by atoms with E-state index in [0.29, 0.717) is 18.2 Å². The molecule has 14 heteroatoms. The molecule has 0 saturated heterocycles. The lowest BCUT2D eigenvalue weighted by Crippen LogP contribution is -2.48. The normalized spacial score (nSPS) is 14.1. The Kier molecular flexibility index (Phi) is 6.00. The van der Waals surface area contributed by atoms with Crippen molar-refractivity contribution in [2.45, 2.75) is 24.2 Å². The molecule has 0 bridgehead atoms. The number of halogens is 7. The Morgan fingerprint density at radius 2 is 1.46 bits per heavy atom. The molecule has 4 aromatic rings. The van der Waals surface area contributed by atoms with E-state index in [1.54, 1.807) is 0 Å². The van der Waals surface area contributed by atoms with E-state index in [9.17, 15) is 27.1 Å². The lowest BCUT2D eigenvalue weighted by Gasteiger charge is -2.35. The summed E-state index contributed by atoms with van der Waals surface area (Å²) >= 11 is 0. The van der Waals surface area contributed by atoms with E-state index in [4.69, 9.17) is 0 Å². The minimum absolute atomic E-state index is 0.155. The van der Waals surface area contributed by atoms with Gasteiger partial charge in [0.05, 0.1) is 6.54 Å². The second-order valence-corrected chi connectivity index (χ2v) is 7.43. The van der Waals surface area contributed by atoms with Gasteiger partial charge >= 0.3 is 12.1 Å².